The molecule has 1 aromatic carbocycles. The van der Waals surface area contributed by atoms with Crippen molar-refractivity contribution in [1.29, 1.82) is 0 Å². The third-order valence-electron chi connectivity index (χ3n) is 3.64. The highest BCUT2D eigenvalue weighted by Gasteiger charge is 2.26. The molecule has 120 valence electrons. The molecular formula is C17H29NO3. The van der Waals surface area contributed by atoms with Gasteiger partial charge in [-0.2, -0.15) is 0 Å². The zero-order chi connectivity index (χ0) is 15.8. The molecule has 0 fully saturated rings. The van der Waals surface area contributed by atoms with Gasteiger partial charge < -0.3 is 19.5 Å². The molecule has 0 aromatic heterocycles. The van der Waals surface area contributed by atoms with E-state index in [1.54, 1.807) is 21.3 Å². The number of methoxy groups -OCH3 is 3. The summed E-state index contributed by atoms with van der Waals surface area (Å²) < 4.78 is 16.4. The standard InChI is InChI=1S/C17H29NO3/c1-7-10-18-16(17(21-6)12(2)3)13-8-9-14(19-4)15(11-13)20-5/h8-9,11-12,16-18H,7,10H2,1-6H3. The Hall–Kier alpha value is -1.26. The topological polar surface area (TPSA) is 39.7 Å². The molecular weight excluding hydrogens is 266 g/mol. The lowest BCUT2D eigenvalue weighted by atomic mass is 9.93. The Morgan fingerprint density at radius 2 is 1.71 bits per heavy atom. The maximum absolute atomic E-state index is 5.72. The minimum atomic E-state index is 0.106. The monoisotopic (exact) mass is 295 g/mol. The van der Waals surface area contributed by atoms with Crippen molar-refractivity contribution in [1.82, 2.24) is 5.32 Å². The Bertz CT molecular complexity index is 420. The fourth-order valence-electron chi connectivity index (χ4n) is 2.56. The van der Waals surface area contributed by atoms with Crippen LogP contribution in [0.3, 0.4) is 0 Å². The van der Waals surface area contributed by atoms with Crippen LogP contribution in [0.1, 0.15) is 38.8 Å². The van der Waals surface area contributed by atoms with Crippen LogP contribution in [-0.2, 0) is 4.74 Å². The lowest BCUT2D eigenvalue weighted by molar-refractivity contribution is 0.0326. The molecule has 0 radical (unpaired) electrons. The van der Waals surface area contributed by atoms with Crippen molar-refractivity contribution in [2.24, 2.45) is 5.92 Å². The second kappa shape index (κ2) is 8.90. The van der Waals surface area contributed by atoms with Crippen LogP contribution in [0.2, 0.25) is 0 Å². The van der Waals surface area contributed by atoms with Crippen molar-refractivity contribution in [2.45, 2.75) is 39.3 Å². The van der Waals surface area contributed by atoms with E-state index < -0.39 is 0 Å². The normalized spacial score (nSPS) is 14.0. The first kappa shape index (κ1) is 17.8. The average Bonchev–Trinajstić information content (AvgIpc) is 2.50. The highest BCUT2D eigenvalue weighted by Crippen LogP contribution is 2.32. The third-order valence-corrected chi connectivity index (χ3v) is 3.64. The molecule has 0 aliphatic heterocycles. The molecule has 2 unspecified atom stereocenters. The molecule has 4 heteroatoms. The minimum Gasteiger partial charge on any atom is -0.493 e. The van der Waals surface area contributed by atoms with Gasteiger partial charge in [-0.25, -0.2) is 0 Å². The van der Waals surface area contributed by atoms with Crippen molar-refractivity contribution < 1.29 is 14.2 Å². The maximum Gasteiger partial charge on any atom is 0.161 e. The summed E-state index contributed by atoms with van der Waals surface area (Å²) >= 11 is 0. The number of benzene rings is 1. The third kappa shape index (κ3) is 4.61. The second-order valence-corrected chi connectivity index (χ2v) is 5.49. The summed E-state index contributed by atoms with van der Waals surface area (Å²) in [6, 6.07) is 6.18. The van der Waals surface area contributed by atoms with Crippen LogP contribution < -0.4 is 14.8 Å². The van der Waals surface area contributed by atoms with Crippen molar-refractivity contribution in [3.05, 3.63) is 23.8 Å². The molecule has 0 heterocycles. The summed E-state index contributed by atoms with van der Waals surface area (Å²) in [6.07, 6.45) is 1.19. The Balaban J connectivity index is 3.12. The predicted molar refractivity (Wildman–Crippen MR) is 86.2 cm³/mol. The van der Waals surface area contributed by atoms with Gasteiger partial charge in [0.2, 0.25) is 0 Å². The minimum absolute atomic E-state index is 0.106. The SMILES string of the molecule is CCCNC(c1ccc(OC)c(OC)c1)C(OC)C(C)C. The number of nitrogens with one attached hydrogen (secondary N) is 1. The van der Waals surface area contributed by atoms with Crippen LogP contribution >= 0.6 is 0 Å². The molecule has 0 saturated heterocycles. The first-order valence-corrected chi connectivity index (χ1v) is 7.57. The molecule has 4 nitrogen and oxygen atoms in total. The maximum atomic E-state index is 5.72. The van der Waals surface area contributed by atoms with E-state index in [9.17, 15) is 0 Å². The summed E-state index contributed by atoms with van der Waals surface area (Å²) in [7, 11) is 5.08. The fourth-order valence-corrected chi connectivity index (χ4v) is 2.56. The molecule has 0 amide bonds. The number of rotatable bonds is 9. The van der Waals surface area contributed by atoms with E-state index in [-0.39, 0.29) is 12.1 Å². The van der Waals surface area contributed by atoms with Crippen molar-refractivity contribution in [3.8, 4) is 11.5 Å². The Morgan fingerprint density at radius 3 is 2.19 bits per heavy atom. The highest BCUT2D eigenvalue weighted by molar-refractivity contribution is 5.44. The first-order valence-electron chi connectivity index (χ1n) is 7.57. The van der Waals surface area contributed by atoms with Crippen LogP contribution in [0.5, 0.6) is 11.5 Å². The summed E-state index contributed by atoms with van der Waals surface area (Å²) in [5.41, 5.74) is 1.15. The highest BCUT2D eigenvalue weighted by atomic mass is 16.5. The van der Waals surface area contributed by atoms with E-state index in [0.29, 0.717) is 5.92 Å². The van der Waals surface area contributed by atoms with Crippen LogP contribution in [0.15, 0.2) is 18.2 Å². The lowest BCUT2D eigenvalue weighted by Gasteiger charge is -2.30. The van der Waals surface area contributed by atoms with Gasteiger partial charge in [0.1, 0.15) is 0 Å². The van der Waals surface area contributed by atoms with E-state index >= 15 is 0 Å². The van der Waals surface area contributed by atoms with Gasteiger partial charge in [-0.1, -0.05) is 26.8 Å². The molecule has 0 bridgehead atoms. The number of hydrogen-bond donors (Lipinski definition) is 1. The van der Waals surface area contributed by atoms with Crippen LogP contribution in [0.25, 0.3) is 0 Å². The average molecular weight is 295 g/mol. The molecule has 1 aromatic rings. The second-order valence-electron chi connectivity index (χ2n) is 5.49. The molecule has 1 N–H and O–H groups in total. The molecule has 0 saturated carbocycles. The van der Waals surface area contributed by atoms with Crippen LogP contribution in [-0.4, -0.2) is 34.0 Å². The van der Waals surface area contributed by atoms with Gasteiger partial charge in [-0.3, -0.25) is 0 Å². The van der Waals surface area contributed by atoms with E-state index in [4.69, 9.17) is 14.2 Å². The summed E-state index contributed by atoms with van der Waals surface area (Å²) in [6.45, 7) is 7.46. The van der Waals surface area contributed by atoms with Gasteiger partial charge in [0.15, 0.2) is 11.5 Å². The van der Waals surface area contributed by atoms with Gasteiger partial charge in [0.05, 0.1) is 26.4 Å². The summed E-state index contributed by atoms with van der Waals surface area (Å²) in [5, 5.41) is 3.59. The van der Waals surface area contributed by atoms with Gasteiger partial charge in [0.25, 0.3) is 0 Å². The number of ether oxygens (including phenoxy) is 3. The Morgan fingerprint density at radius 1 is 1.05 bits per heavy atom. The zero-order valence-corrected chi connectivity index (χ0v) is 14.1. The zero-order valence-electron chi connectivity index (χ0n) is 14.1. The lowest BCUT2D eigenvalue weighted by Crippen LogP contribution is -2.37. The van der Waals surface area contributed by atoms with Crippen LogP contribution in [0, 0.1) is 5.92 Å². The smallest absolute Gasteiger partial charge is 0.161 e. The predicted octanol–water partition coefficient (Wildman–Crippen LogP) is 3.42. The van der Waals surface area contributed by atoms with E-state index in [1.807, 2.05) is 12.1 Å². The van der Waals surface area contributed by atoms with E-state index in [2.05, 4.69) is 32.2 Å². The molecule has 0 aliphatic carbocycles. The summed E-state index contributed by atoms with van der Waals surface area (Å²) in [4.78, 5) is 0. The van der Waals surface area contributed by atoms with Gasteiger partial charge >= 0.3 is 0 Å². The van der Waals surface area contributed by atoms with Crippen molar-refractivity contribution in [2.75, 3.05) is 27.9 Å². The molecule has 0 aliphatic rings. The quantitative estimate of drug-likeness (QED) is 0.758. The molecule has 2 atom stereocenters. The van der Waals surface area contributed by atoms with E-state index in [1.165, 1.54) is 0 Å². The molecule has 1 rings (SSSR count). The number of hydrogen-bond acceptors (Lipinski definition) is 4. The Kier molecular flexibility index (Phi) is 7.54. The van der Waals surface area contributed by atoms with Crippen molar-refractivity contribution >= 4 is 0 Å². The molecule has 0 spiro atoms. The van der Waals surface area contributed by atoms with E-state index in [0.717, 1.165) is 30.0 Å². The Labute approximate surface area is 128 Å². The first-order chi connectivity index (χ1) is 10.1. The van der Waals surface area contributed by atoms with Gasteiger partial charge in [0, 0.05) is 7.11 Å². The van der Waals surface area contributed by atoms with Crippen LogP contribution in [0.4, 0.5) is 0 Å². The van der Waals surface area contributed by atoms with Crippen molar-refractivity contribution in [3.63, 3.8) is 0 Å². The van der Waals surface area contributed by atoms with Gasteiger partial charge in [-0.15, -0.1) is 0 Å². The molecule has 21 heavy (non-hydrogen) atoms. The fraction of sp³-hybridized carbons (Fsp3) is 0.647. The largest absolute Gasteiger partial charge is 0.493 e. The summed E-state index contributed by atoms with van der Waals surface area (Å²) in [5.74, 6) is 1.91. The van der Waals surface area contributed by atoms with Gasteiger partial charge in [-0.05, 0) is 36.6 Å².